The quantitative estimate of drug-likeness (QED) is 0.609. The lowest BCUT2D eigenvalue weighted by molar-refractivity contribution is -0.389. The van der Waals surface area contributed by atoms with Crippen LogP contribution in [0.15, 0.2) is 0 Å². The van der Waals surface area contributed by atoms with E-state index in [0.29, 0.717) is 0 Å². The van der Waals surface area contributed by atoms with Crippen molar-refractivity contribution in [3.8, 4) is 0 Å². The van der Waals surface area contributed by atoms with Gasteiger partial charge < -0.3 is 11.1 Å². The molecule has 0 spiro atoms. The van der Waals surface area contributed by atoms with Crippen LogP contribution in [0.5, 0.6) is 0 Å². The molecule has 0 rings (SSSR count). The van der Waals surface area contributed by atoms with Crippen molar-refractivity contribution >= 4 is 0 Å². The van der Waals surface area contributed by atoms with Gasteiger partial charge in [0.05, 0.1) is 0 Å². The molecule has 0 aliphatic heterocycles. The minimum Gasteiger partial charge on any atom is -0.594 e. The molecule has 0 radical (unpaired) electrons. The second-order valence-corrected chi connectivity index (χ2v) is 2.86. The maximum absolute atomic E-state index is 12.5. The summed E-state index contributed by atoms with van der Waals surface area (Å²) in [4.78, 5) is 0. The standard InChI is InChI=1S/C6H6F9N2/c7-3(8,5(11,12)13)4(9,10)6(14,15)17-2-1-16/h1-2,16H2/q-1. The van der Waals surface area contributed by atoms with Crippen LogP contribution in [0.2, 0.25) is 0 Å². The molecule has 0 aromatic rings. The molecule has 0 atom stereocenters. The number of nitrogens with zero attached hydrogens (tertiary/aromatic N) is 1. The Hall–Kier alpha value is -0.710. The Morgan fingerprint density at radius 1 is 0.765 bits per heavy atom. The lowest BCUT2D eigenvalue weighted by Crippen LogP contribution is -2.60. The molecule has 2 nitrogen and oxygen atoms in total. The topological polar surface area (TPSA) is 40.1 Å². The van der Waals surface area contributed by atoms with Gasteiger partial charge in [0, 0.05) is 0 Å². The van der Waals surface area contributed by atoms with E-state index in [9.17, 15) is 39.5 Å². The number of alkyl halides is 9. The van der Waals surface area contributed by atoms with E-state index in [1.54, 1.807) is 5.32 Å². The molecule has 0 aromatic heterocycles. The van der Waals surface area contributed by atoms with Gasteiger partial charge in [-0.2, -0.15) is 30.7 Å². The zero-order valence-electron chi connectivity index (χ0n) is 7.84. The molecular weight excluding hydrogens is 271 g/mol. The van der Waals surface area contributed by atoms with Crippen LogP contribution in [-0.2, 0) is 0 Å². The highest BCUT2D eigenvalue weighted by atomic mass is 19.4. The molecule has 17 heavy (non-hydrogen) atoms. The van der Waals surface area contributed by atoms with Gasteiger partial charge in [-0.25, -0.2) is 8.78 Å². The van der Waals surface area contributed by atoms with E-state index in [-0.39, 0.29) is 0 Å². The summed E-state index contributed by atoms with van der Waals surface area (Å²) in [6.07, 6.45) is -6.82. The molecule has 11 heteroatoms. The van der Waals surface area contributed by atoms with Crippen molar-refractivity contribution in [3.63, 3.8) is 0 Å². The van der Waals surface area contributed by atoms with Crippen LogP contribution >= 0.6 is 0 Å². The summed E-state index contributed by atoms with van der Waals surface area (Å²) in [6, 6.07) is -5.87. The first-order valence-electron chi connectivity index (χ1n) is 3.90. The largest absolute Gasteiger partial charge is 0.594 e. The first-order chi connectivity index (χ1) is 7.31. The molecular formula is C6H6F9N2-. The van der Waals surface area contributed by atoms with Crippen molar-refractivity contribution in [2.45, 2.75) is 24.1 Å². The van der Waals surface area contributed by atoms with E-state index < -0.39 is 37.2 Å². The Morgan fingerprint density at radius 2 is 1.18 bits per heavy atom. The van der Waals surface area contributed by atoms with E-state index in [1.165, 1.54) is 0 Å². The normalized spacial score (nSPS) is 15.2. The summed E-state index contributed by atoms with van der Waals surface area (Å²) in [5, 5.41) is 1.74. The maximum Gasteiger partial charge on any atom is 0.460 e. The van der Waals surface area contributed by atoms with Gasteiger partial charge in [0.2, 0.25) is 6.05 Å². The van der Waals surface area contributed by atoms with E-state index in [2.05, 4.69) is 5.73 Å². The summed E-state index contributed by atoms with van der Waals surface area (Å²) < 4.78 is 109. The molecule has 0 aliphatic rings. The van der Waals surface area contributed by atoms with Gasteiger partial charge in [-0.05, 0) is 6.54 Å². The third kappa shape index (κ3) is 2.76. The first kappa shape index (κ1) is 16.3. The van der Waals surface area contributed by atoms with Crippen LogP contribution in [0.3, 0.4) is 0 Å². The van der Waals surface area contributed by atoms with Gasteiger partial charge in [-0.3, -0.25) is 0 Å². The molecule has 0 unspecified atom stereocenters. The Labute approximate surface area is 88.9 Å². The van der Waals surface area contributed by atoms with E-state index >= 15 is 0 Å². The summed E-state index contributed by atoms with van der Waals surface area (Å²) in [5.74, 6) is -13.6. The third-order valence-electron chi connectivity index (χ3n) is 1.57. The second kappa shape index (κ2) is 4.52. The molecule has 2 N–H and O–H groups in total. The Bertz CT molecular complexity index is 259. The van der Waals surface area contributed by atoms with E-state index in [4.69, 9.17) is 0 Å². The third-order valence-corrected chi connectivity index (χ3v) is 1.57. The highest BCUT2D eigenvalue weighted by Gasteiger charge is 2.78. The van der Waals surface area contributed by atoms with Crippen LogP contribution in [0, 0.1) is 0 Å². The molecule has 0 amide bonds. The second-order valence-electron chi connectivity index (χ2n) is 2.86. The van der Waals surface area contributed by atoms with Gasteiger partial charge in [-0.1, -0.05) is 0 Å². The molecule has 104 valence electrons. The smallest absolute Gasteiger partial charge is 0.460 e. The number of hydrogen-bond acceptors (Lipinski definition) is 1. The van der Waals surface area contributed by atoms with Gasteiger partial charge >= 0.3 is 18.0 Å². The fourth-order valence-electron chi connectivity index (χ4n) is 0.671. The summed E-state index contributed by atoms with van der Waals surface area (Å²) in [7, 11) is 0. The SMILES string of the molecule is NCC[N-]C(F)(F)C(F)(F)C(F)(F)C(F)(F)F. The minimum absolute atomic E-state index is 0.705. The van der Waals surface area contributed by atoms with Crippen LogP contribution in [0.25, 0.3) is 5.32 Å². The van der Waals surface area contributed by atoms with Crippen molar-refractivity contribution in [2.75, 3.05) is 13.1 Å². The van der Waals surface area contributed by atoms with Crippen LogP contribution in [-0.4, -0.2) is 37.2 Å². The Kier molecular flexibility index (Phi) is 4.33. The maximum atomic E-state index is 12.5. The highest BCUT2D eigenvalue weighted by molar-refractivity contribution is 5.08. The van der Waals surface area contributed by atoms with Gasteiger partial charge in [0.1, 0.15) is 0 Å². The van der Waals surface area contributed by atoms with Gasteiger partial charge in [-0.15, -0.1) is 6.54 Å². The van der Waals surface area contributed by atoms with Crippen LogP contribution in [0.1, 0.15) is 0 Å². The van der Waals surface area contributed by atoms with Crippen molar-refractivity contribution in [2.24, 2.45) is 5.73 Å². The Balaban J connectivity index is 5.24. The minimum atomic E-state index is -6.90. The van der Waals surface area contributed by atoms with Crippen molar-refractivity contribution in [3.05, 3.63) is 5.32 Å². The fourth-order valence-corrected chi connectivity index (χ4v) is 0.671. The van der Waals surface area contributed by atoms with Crippen LogP contribution in [0.4, 0.5) is 39.5 Å². The molecule has 0 heterocycles. The molecule has 0 bridgehead atoms. The van der Waals surface area contributed by atoms with Crippen molar-refractivity contribution in [1.82, 2.24) is 0 Å². The molecule has 0 saturated carbocycles. The molecule has 0 aromatic carbocycles. The average Bonchev–Trinajstić information content (AvgIpc) is 2.12. The lowest BCUT2D eigenvalue weighted by Gasteiger charge is -2.41. The van der Waals surface area contributed by atoms with E-state index in [1.807, 2.05) is 0 Å². The number of hydrogen-bond donors (Lipinski definition) is 1. The summed E-state index contributed by atoms with van der Waals surface area (Å²) >= 11 is 0. The zero-order valence-corrected chi connectivity index (χ0v) is 7.84. The summed E-state index contributed by atoms with van der Waals surface area (Å²) in [6.45, 7) is -1.89. The molecule has 0 saturated heterocycles. The number of rotatable bonds is 5. The molecule has 0 aliphatic carbocycles. The number of nitrogens with two attached hydrogens (primary N) is 1. The Morgan fingerprint density at radius 3 is 1.47 bits per heavy atom. The van der Waals surface area contributed by atoms with Crippen molar-refractivity contribution < 1.29 is 39.5 Å². The van der Waals surface area contributed by atoms with Crippen LogP contribution < -0.4 is 5.73 Å². The van der Waals surface area contributed by atoms with Gasteiger partial charge in [0.15, 0.2) is 0 Å². The number of halogens is 9. The molecule has 0 fully saturated rings. The zero-order chi connectivity index (χ0) is 14.1. The first-order valence-corrected chi connectivity index (χ1v) is 3.90. The summed E-state index contributed by atoms with van der Waals surface area (Å²) in [5.41, 5.74) is 4.59. The van der Waals surface area contributed by atoms with Gasteiger partial charge in [0.25, 0.3) is 0 Å². The average molecular weight is 277 g/mol. The predicted molar refractivity (Wildman–Crippen MR) is 38.2 cm³/mol. The lowest BCUT2D eigenvalue weighted by atomic mass is 10.1. The van der Waals surface area contributed by atoms with Crippen molar-refractivity contribution in [1.29, 1.82) is 0 Å². The monoisotopic (exact) mass is 277 g/mol. The highest BCUT2D eigenvalue weighted by Crippen LogP contribution is 2.54. The predicted octanol–water partition coefficient (Wildman–Crippen LogP) is 2.74. The van der Waals surface area contributed by atoms with E-state index in [0.717, 1.165) is 0 Å². The fraction of sp³-hybridized carbons (Fsp3) is 1.00.